The highest BCUT2D eigenvalue weighted by Gasteiger charge is 2.27. The molecule has 1 heterocycles. The minimum absolute atomic E-state index is 0.0462. The van der Waals surface area contributed by atoms with Crippen LogP contribution in [0.5, 0.6) is 0 Å². The van der Waals surface area contributed by atoms with E-state index in [1.54, 1.807) is 39.8 Å². The number of benzene rings is 1. The zero-order chi connectivity index (χ0) is 18.1. The van der Waals surface area contributed by atoms with Crippen LogP contribution in [0.4, 0.5) is 4.79 Å². The number of aromatic nitrogens is 1. The molecule has 0 saturated carbocycles. The van der Waals surface area contributed by atoms with E-state index in [1.165, 1.54) is 6.07 Å². The summed E-state index contributed by atoms with van der Waals surface area (Å²) >= 11 is 3.35. The molecule has 0 aliphatic carbocycles. The van der Waals surface area contributed by atoms with Gasteiger partial charge in [0, 0.05) is 15.4 Å². The summed E-state index contributed by atoms with van der Waals surface area (Å²) in [6.07, 6.45) is -0.000841. The normalized spacial score (nSPS) is 11.4. The van der Waals surface area contributed by atoms with Gasteiger partial charge in [0.25, 0.3) is 0 Å². The average molecular weight is 396 g/mol. The van der Waals surface area contributed by atoms with Crippen LogP contribution in [0.3, 0.4) is 0 Å². The monoisotopic (exact) mass is 395 g/mol. The Hall–Kier alpha value is -2.15. The van der Waals surface area contributed by atoms with Crippen LogP contribution in [0.25, 0.3) is 10.9 Å². The standard InChI is InChI=1S/C17H18BrNO5/c1-5-23-15(21)13-8-11-6-10(9-20)7-12(18)14(11)19(13)16(22)24-17(2,3)4/h6-9H,5H2,1-4H3. The second-order valence-electron chi connectivity index (χ2n) is 6.12. The molecule has 0 fully saturated rings. The van der Waals surface area contributed by atoms with Gasteiger partial charge < -0.3 is 9.47 Å². The van der Waals surface area contributed by atoms with Crippen LogP contribution < -0.4 is 0 Å². The van der Waals surface area contributed by atoms with Crippen molar-refractivity contribution in [2.24, 2.45) is 0 Å². The molecule has 0 bridgehead atoms. The Balaban J connectivity index is 2.72. The molecule has 7 heteroatoms. The fourth-order valence-electron chi connectivity index (χ4n) is 2.24. The van der Waals surface area contributed by atoms with Gasteiger partial charge in [-0.3, -0.25) is 4.79 Å². The van der Waals surface area contributed by atoms with E-state index < -0.39 is 17.7 Å². The van der Waals surface area contributed by atoms with Gasteiger partial charge >= 0.3 is 12.1 Å². The van der Waals surface area contributed by atoms with Crippen LogP contribution in [-0.4, -0.2) is 35.1 Å². The van der Waals surface area contributed by atoms with Crippen LogP contribution >= 0.6 is 15.9 Å². The van der Waals surface area contributed by atoms with Gasteiger partial charge in [0.1, 0.15) is 17.6 Å². The molecule has 0 unspecified atom stereocenters. The number of esters is 1. The molecule has 0 saturated heterocycles. The third-order valence-corrected chi connectivity index (χ3v) is 3.67. The van der Waals surface area contributed by atoms with E-state index >= 15 is 0 Å². The minimum Gasteiger partial charge on any atom is -0.461 e. The van der Waals surface area contributed by atoms with Gasteiger partial charge in [-0.15, -0.1) is 0 Å². The second kappa shape index (κ2) is 6.76. The Morgan fingerprint density at radius 2 is 1.92 bits per heavy atom. The lowest BCUT2D eigenvalue weighted by molar-refractivity contribution is 0.0454. The number of fused-ring (bicyclic) bond motifs is 1. The predicted molar refractivity (Wildman–Crippen MR) is 92.6 cm³/mol. The molecule has 24 heavy (non-hydrogen) atoms. The largest absolute Gasteiger partial charge is 0.461 e. The highest BCUT2D eigenvalue weighted by molar-refractivity contribution is 9.10. The topological polar surface area (TPSA) is 74.6 Å². The summed E-state index contributed by atoms with van der Waals surface area (Å²) in [6.45, 7) is 7.06. The Morgan fingerprint density at radius 1 is 1.25 bits per heavy atom. The molecule has 0 spiro atoms. The summed E-state index contributed by atoms with van der Waals surface area (Å²) in [6, 6.07) is 4.68. The van der Waals surface area contributed by atoms with Crippen molar-refractivity contribution in [2.45, 2.75) is 33.3 Å². The number of carbonyl (C=O) groups excluding carboxylic acids is 3. The molecule has 0 atom stereocenters. The smallest absolute Gasteiger partial charge is 0.419 e. The molecule has 0 radical (unpaired) electrons. The molecule has 0 N–H and O–H groups in total. The van der Waals surface area contributed by atoms with Crippen molar-refractivity contribution >= 4 is 45.2 Å². The number of ether oxygens (including phenoxy) is 2. The predicted octanol–water partition coefficient (Wildman–Crippen LogP) is 4.18. The molecular formula is C17H18BrNO5. The molecule has 128 valence electrons. The quantitative estimate of drug-likeness (QED) is 0.575. The van der Waals surface area contributed by atoms with Crippen molar-refractivity contribution in [1.29, 1.82) is 0 Å². The van der Waals surface area contributed by atoms with Crippen molar-refractivity contribution in [1.82, 2.24) is 4.57 Å². The summed E-state index contributed by atoms with van der Waals surface area (Å²) in [5.41, 5.74) is 0.184. The second-order valence-corrected chi connectivity index (χ2v) is 6.98. The van der Waals surface area contributed by atoms with Gasteiger partial charge in [0.05, 0.1) is 12.1 Å². The zero-order valence-corrected chi connectivity index (χ0v) is 15.5. The number of halogens is 1. The molecular weight excluding hydrogens is 378 g/mol. The molecule has 0 amide bonds. The van der Waals surface area contributed by atoms with Gasteiger partial charge in [0.2, 0.25) is 0 Å². The third kappa shape index (κ3) is 3.67. The first-order chi connectivity index (χ1) is 11.2. The first kappa shape index (κ1) is 18.2. The van der Waals surface area contributed by atoms with E-state index in [0.29, 0.717) is 27.2 Å². The van der Waals surface area contributed by atoms with E-state index in [9.17, 15) is 14.4 Å². The summed E-state index contributed by atoms with van der Waals surface area (Å²) < 4.78 is 12.1. The fourth-order valence-corrected chi connectivity index (χ4v) is 2.91. The number of nitrogens with zero attached hydrogens (tertiary/aromatic N) is 1. The van der Waals surface area contributed by atoms with E-state index in [4.69, 9.17) is 9.47 Å². The van der Waals surface area contributed by atoms with E-state index in [2.05, 4.69) is 15.9 Å². The van der Waals surface area contributed by atoms with Crippen LogP contribution in [-0.2, 0) is 9.47 Å². The summed E-state index contributed by atoms with van der Waals surface area (Å²) in [5, 5.41) is 0.556. The lowest BCUT2D eigenvalue weighted by Crippen LogP contribution is -2.29. The van der Waals surface area contributed by atoms with Crippen LogP contribution in [0.15, 0.2) is 22.7 Å². The van der Waals surface area contributed by atoms with Crippen molar-refractivity contribution in [2.75, 3.05) is 6.61 Å². The molecule has 0 aliphatic heterocycles. The maximum absolute atomic E-state index is 12.6. The minimum atomic E-state index is -0.727. The van der Waals surface area contributed by atoms with E-state index in [0.717, 1.165) is 4.57 Å². The van der Waals surface area contributed by atoms with Crippen LogP contribution in [0.2, 0.25) is 0 Å². The Labute approximate surface area is 147 Å². The SMILES string of the molecule is CCOC(=O)c1cc2cc(C=O)cc(Br)c2n1C(=O)OC(C)(C)C. The van der Waals surface area contributed by atoms with Gasteiger partial charge in [-0.25, -0.2) is 14.2 Å². The molecule has 1 aromatic heterocycles. The third-order valence-electron chi connectivity index (χ3n) is 3.07. The van der Waals surface area contributed by atoms with Crippen LogP contribution in [0, 0.1) is 0 Å². The number of carbonyl (C=O) groups is 3. The molecule has 2 rings (SSSR count). The zero-order valence-electron chi connectivity index (χ0n) is 13.9. The average Bonchev–Trinajstić information content (AvgIpc) is 2.85. The number of rotatable bonds is 3. The van der Waals surface area contributed by atoms with E-state index in [1.807, 2.05) is 0 Å². The molecule has 6 nitrogen and oxygen atoms in total. The maximum Gasteiger partial charge on any atom is 0.419 e. The Kier molecular flexibility index (Phi) is 5.13. The summed E-state index contributed by atoms with van der Waals surface area (Å²) in [5.74, 6) is -0.640. The lowest BCUT2D eigenvalue weighted by Gasteiger charge is -2.21. The highest BCUT2D eigenvalue weighted by atomic mass is 79.9. The first-order valence-electron chi connectivity index (χ1n) is 7.38. The molecule has 2 aromatic rings. The first-order valence-corrected chi connectivity index (χ1v) is 8.18. The number of hydrogen-bond acceptors (Lipinski definition) is 5. The number of hydrogen-bond donors (Lipinski definition) is 0. The van der Waals surface area contributed by atoms with Crippen molar-refractivity contribution in [3.8, 4) is 0 Å². The van der Waals surface area contributed by atoms with Crippen molar-refractivity contribution in [3.63, 3.8) is 0 Å². The van der Waals surface area contributed by atoms with Gasteiger partial charge in [-0.1, -0.05) is 0 Å². The van der Waals surface area contributed by atoms with Gasteiger partial charge in [-0.2, -0.15) is 0 Å². The summed E-state index contributed by atoms with van der Waals surface area (Å²) in [7, 11) is 0. The summed E-state index contributed by atoms with van der Waals surface area (Å²) in [4.78, 5) is 35.9. The van der Waals surface area contributed by atoms with Crippen molar-refractivity contribution < 1.29 is 23.9 Å². The van der Waals surface area contributed by atoms with Crippen LogP contribution in [0.1, 0.15) is 48.5 Å². The Bertz CT molecular complexity index is 816. The Morgan fingerprint density at radius 3 is 2.46 bits per heavy atom. The maximum atomic E-state index is 12.6. The number of aldehydes is 1. The fraction of sp³-hybridized carbons (Fsp3) is 0.353. The van der Waals surface area contributed by atoms with E-state index in [-0.39, 0.29) is 12.3 Å². The molecule has 1 aromatic carbocycles. The van der Waals surface area contributed by atoms with Gasteiger partial charge in [-0.05, 0) is 61.8 Å². The lowest BCUT2D eigenvalue weighted by atomic mass is 10.2. The van der Waals surface area contributed by atoms with Gasteiger partial charge in [0.15, 0.2) is 0 Å². The highest BCUT2D eigenvalue weighted by Crippen LogP contribution is 2.30. The molecule has 0 aliphatic rings. The van der Waals surface area contributed by atoms with Crippen molar-refractivity contribution in [3.05, 3.63) is 33.9 Å².